The zero-order valence-corrected chi connectivity index (χ0v) is 13.6. The van der Waals surface area contributed by atoms with Gasteiger partial charge in [-0.15, -0.1) is 11.8 Å². The highest BCUT2D eigenvalue weighted by Crippen LogP contribution is 2.46. The summed E-state index contributed by atoms with van der Waals surface area (Å²) in [5, 5.41) is 10.3. The average molecular weight is 309 g/mol. The number of rotatable bonds is 6. The van der Waals surface area contributed by atoms with Gasteiger partial charge in [-0.05, 0) is 32.8 Å². The molecule has 1 amide bonds. The van der Waals surface area contributed by atoms with E-state index in [4.69, 9.17) is 10.1 Å². The first-order chi connectivity index (χ1) is 9.99. The number of hydrogen-bond acceptors (Lipinski definition) is 5. The minimum Gasteiger partial charge on any atom is -0.380 e. The van der Waals surface area contributed by atoms with E-state index >= 15 is 0 Å². The molecule has 1 heterocycles. The van der Waals surface area contributed by atoms with Crippen molar-refractivity contribution in [1.82, 2.24) is 5.32 Å². The van der Waals surface area contributed by atoms with Crippen LogP contribution < -0.4 is 5.32 Å². The molecular weight excluding hydrogens is 286 g/mol. The molecule has 0 aromatic heterocycles. The fourth-order valence-corrected chi connectivity index (χ4v) is 3.23. The van der Waals surface area contributed by atoms with Gasteiger partial charge in [-0.3, -0.25) is 9.79 Å². The van der Waals surface area contributed by atoms with Gasteiger partial charge in [0.1, 0.15) is 5.71 Å². The molecule has 1 aliphatic carbocycles. The van der Waals surface area contributed by atoms with Crippen molar-refractivity contribution in [3.8, 4) is 0 Å². The van der Waals surface area contributed by atoms with E-state index in [1.54, 1.807) is 7.05 Å². The summed E-state index contributed by atoms with van der Waals surface area (Å²) in [6.07, 6.45) is 3.84. The summed E-state index contributed by atoms with van der Waals surface area (Å²) in [7, 11) is 1.63. The highest BCUT2D eigenvalue weighted by Gasteiger charge is 2.50. The van der Waals surface area contributed by atoms with Gasteiger partial charge in [0.15, 0.2) is 0 Å². The van der Waals surface area contributed by atoms with Crippen LogP contribution in [0.5, 0.6) is 0 Å². The Balaban J connectivity index is 1.87. The molecule has 1 saturated heterocycles. The highest BCUT2D eigenvalue weighted by atomic mass is 32.2. The maximum absolute atomic E-state index is 12.2. The number of ether oxygens (including phenoxy) is 1. The summed E-state index contributed by atoms with van der Waals surface area (Å²) in [6, 6.07) is 0.250. The maximum atomic E-state index is 12.2. The predicted molar refractivity (Wildman–Crippen MR) is 87.4 cm³/mol. The number of hydrogen-bond donors (Lipinski definition) is 2. The molecule has 1 saturated carbocycles. The number of thioether (sulfide) groups is 1. The van der Waals surface area contributed by atoms with Gasteiger partial charge in [0.05, 0.1) is 18.8 Å². The van der Waals surface area contributed by atoms with Crippen LogP contribution >= 0.6 is 11.8 Å². The highest BCUT2D eigenvalue weighted by molar-refractivity contribution is 8.12. The second-order valence-corrected chi connectivity index (χ2v) is 7.18. The Bertz CT molecular complexity index is 475. The van der Waals surface area contributed by atoms with E-state index in [9.17, 15) is 4.79 Å². The molecule has 2 aliphatic rings. The molecule has 2 rings (SSSR count). The summed E-state index contributed by atoms with van der Waals surface area (Å²) in [5.41, 5.74) is 3.16. The number of aliphatic imine (C=N–C) groups is 1. The Morgan fingerprint density at radius 2 is 2.19 bits per heavy atom. The Morgan fingerprint density at radius 3 is 2.67 bits per heavy atom. The van der Waals surface area contributed by atoms with Gasteiger partial charge >= 0.3 is 0 Å². The molecule has 21 heavy (non-hydrogen) atoms. The lowest BCUT2D eigenvalue weighted by atomic mass is 9.64. The fraction of sp³-hybridized carbons (Fsp3) is 0.667. The number of carbonyl (C=O) groups is 1. The summed E-state index contributed by atoms with van der Waals surface area (Å²) < 4.78 is 5.24. The first-order valence-electron chi connectivity index (χ1n) is 7.18. The van der Waals surface area contributed by atoms with Crippen molar-refractivity contribution < 1.29 is 9.53 Å². The average Bonchev–Trinajstić information content (AvgIpc) is 2.37. The molecule has 1 atom stereocenters. The SMILES string of the molecule is CN=C(/C=C(\C)C(C)SC=N)C(=O)NC1CC2(COC2)C1. The molecular formula is C15H23N3O2S. The lowest BCUT2D eigenvalue weighted by molar-refractivity contribution is -0.168. The minimum absolute atomic E-state index is 0.107. The van der Waals surface area contributed by atoms with Crippen molar-refractivity contribution in [3.05, 3.63) is 11.6 Å². The summed E-state index contributed by atoms with van der Waals surface area (Å²) in [4.78, 5) is 16.3. The number of carbonyl (C=O) groups excluding carboxylic acids is 1. The van der Waals surface area contributed by atoms with Crippen molar-refractivity contribution in [2.45, 2.75) is 38.0 Å². The Kier molecular flexibility index (Phi) is 5.22. The second kappa shape index (κ2) is 6.75. The van der Waals surface area contributed by atoms with E-state index in [0.717, 1.165) is 31.6 Å². The molecule has 116 valence electrons. The largest absolute Gasteiger partial charge is 0.380 e. The van der Waals surface area contributed by atoms with E-state index in [1.807, 2.05) is 19.9 Å². The van der Waals surface area contributed by atoms with Crippen LogP contribution in [0.15, 0.2) is 16.6 Å². The summed E-state index contributed by atoms with van der Waals surface area (Å²) in [5.74, 6) is -0.107. The van der Waals surface area contributed by atoms with Crippen LogP contribution in [0.1, 0.15) is 26.7 Å². The van der Waals surface area contributed by atoms with Crippen molar-refractivity contribution in [2.24, 2.45) is 10.4 Å². The first kappa shape index (κ1) is 16.2. The van der Waals surface area contributed by atoms with Crippen LogP contribution in [0.25, 0.3) is 0 Å². The van der Waals surface area contributed by atoms with Gasteiger partial charge in [0.2, 0.25) is 0 Å². The van der Waals surface area contributed by atoms with Crippen LogP contribution in [0.4, 0.5) is 0 Å². The molecule has 5 nitrogen and oxygen atoms in total. The molecule has 2 fully saturated rings. The van der Waals surface area contributed by atoms with E-state index in [-0.39, 0.29) is 17.2 Å². The Morgan fingerprint density at radius 1 is 1.52 bits per heavy atom. The lowest BCUT2D eigenvalue weighted by Gasteiger charge is -2.53. The summed E-state index contributed by atoms with van der Waals surface area (Å²) in [6.45, 7) is 5.65. The van der Waals surface area contributed by atoms with Gasteiger partial charge in [0, 0.05) is 23.8 Å². The van der Waals surface area contributed by atoms with Gasteiger partial charge in [0.25, 0.3) is 5.91 Å². The van der Waals surface area contributed by atoms with Gasteiger partial charge in [-0.2, -0.15) is 0 Å². The third kappa shape index (κ3) is 3.74. The summed E-state index contributed by atoms with van der Waals surface area (Å²) >= 11 is 1.42. The quantitative estimate of drug-likeness (QED) is 0.582. The molecule has 0 aromatic carbocycles. The van der Waals surface area contributed by atoms with E-state index in [0.29, 0.717) is 11.1 Å². The molecule has 1 unspecified atom stereocenters. The number of amides is 1. The van der Waals surface area contributed by atoms with E-state index in [1.165, 1.54) is 17.3 Å². The van der Waals surface area contributed by atoms with Crippen LogP contribution in [0.2, 0.25) is 0 Å². The first-order valence-corrected chi connectivity index (χ1v) is 8.12. The molecule has 0 aromatic rings. The zero-order valence-electron chi connectivity index (χ0n) is 12.8. The van der Waals surface area contributed by atoms with Gasteiger partial charge < -0.3 is 15.5 Å². The van der Waals surface area contributed by atoms with Crippen LogP contribution in [-0.2, 0) is 9.53 Å². The third-order valence-electron chi connectivity index (χ3n) is 4.26. The van der Waals surface area contributed by atoms with Crippen LogP contribution in [0.3, 0.4) is 0 Å². The van der Waals surface area contributed by atoms with Crippen molar-refractivity contribution >= 4 is 28.9 Å². The van der Waals surface area contributed by atoms with Crippen molar-refractivity contribution in [1.29, 1.82) is 5.41 Å². The van der Waals surface area contributed by atoms with Crippen molar-refractivity contribution in [3.63, 3.8) is 0 Å². The smallest absolute Gasteiger partial charge is 0.269 e. The second-order valence-electron chi connectivity index (χ2n) is 5.96. The molecule has 1 spiro atoms. The number of nitrogens with one attached hydrogen (secondary N) is 2. The number of nitrogens with zero attached hydrogens (tertiary/aromatic N) is 1. The molecule has 2 N–H and O–H groups in total. The van der Waals surface area contributed by atoms with Crippen LogP contribution in [-0.4, -0.2) is 48.7 Å². The van der Waals surface area contributed by atoms with Gasteiger partial charge in [-0.1, -0.05) is 5.57 Å². The molecule has 6 heteroatoms. The topological polar surface area (TPSA) is 74.5 Å². The standard InChI is InChI=1S/C15H23N3O2S/c1-10(11(2)21-9-16)4-13(17-3)14(19)18-12-5-15(6-12)7-20-8-15/h4,9,11-12,16H,5-8H2,1-3H3,(H,18,19)/b10-4+,16-9?,17-13?. The molecule has 1 aliphatic heterocycles. The Hall–Kier alpha value is -1.14. The van der Waals surface area contributed by atoms with E-state index < -0.39 is 0 Å². The zero-order chi connectivity index (χ0) is 15.5. The Labute approximate surface area is 130 Å². The normalized spacial score (nSPS) is 23.2. The minimum atomic E-state index is -0.107. The van der Waals surface area contributed by atoms with Gasteiger partial charge in [-0.25, -0.2) is 0 Å². The molecule has 0 radical (unpaired) electrons. The van der Waals surface area contributed by atoms with Crippen molar-refractivity contribution in [2.75, 3.05) is 20.3 Å². The fourth-order valence-electron chi connectivity index (χ4n) is 2.75. The van der Waals surface area contributed by atoms with Crippen LogP contribution in [0, 0.1) is 10.8 Å². The predicted octanol–water partition coefficient (Wildman–Crippen LogP) is 2.03. The molecule has 0 bridgehead atoms. The monoisotopic (exact) mass is 309 g/mol. The lowest BCUT2D eigenvalue weighted by Crippen LogP contribution is -2.60. The third-order valence-corrected chi connectivity index (χ3v) is 5.18. The van der Waals surface area contributed by atoms with E-state index in [2.05, 4.69) is 10.3 Å². The maximum Gasteiger partial charge on any atom is 0.269 e.